The average Bonchev–Trinajstić information content (AvgIpc) is 2.36. The zero-order valence-corrected chi connectivity index (χ0v) is 10.3. The van der Waals surface area contributed by atoms with E-state index in [1.54, 1.807) is 0 Å². The lowest BCUT2D eigenvalue weighted by Crippen LogP contribution is -2.54. The summed E-state index contributed by atoms with van der Waals surface area (Å²) in [6.07, 6.45) is 0. The molecule has 1 atom stereocenters. The molecule has 9 heteroatoms. The lowest BCUT2D eigenvalue weighted by Gasteiger charge is -2.33. The monoisotopic (exact) mass is 268 g/mol. The topological polar surface area (TPSA) is 124 Å². The summed E-state index contributed by atoms with van der Waals surface area (Å²) in [5.74, 6) is -1.06. The fraction of sp³-hybridized carbons (Fsp3) is 0.400. The number of carbonyl (C=O) groups excluding carboxylic acids is 2. The highest BCUT2D eigenvalue weighted by atomic mass is 16.5. The van der Waals surface area contributed by atoms with Gasteiger partial charge in [0.15, 0.2) is 11.7 Å². The van der Waals surface area contributed by atoms with Gasteiger partial charge in [-0.15, -0.1) is 0 Å². The highest BCUT2D eigenvalue weighted by Gasteiger charge is 2.37. The summed E-state index contributed by atoms with van der Waals surface area (Å²) in [4.78, 5) is 51.6. The molecule has 9 nitrogen and oxygen atoms in total. The molecule has 0 saturated heterocycles. The number of nitrogens with one attached hydrogen (secondary N) is 3. The number of hydrogen-bond acceptors (Lipinski definition) is 6. The number of methoxy groups -OCH3 is 1. The Morgan fingerprint density at radius 2 is 2.00 bits per heavy atom. The van der Waals surface area contributed by atoms with E-state index >= 15 is 0 Å². The maximum absolute atomic E-state index is 11.8. The molecule has 0 aliphatic carbocycles. The van der Waals surface area contributed by atoms with Crippen molar-refractivity contribution >= 4 is 23.4 Å². The van der Waals surface area contributed by atoms with Gasteiger partial charge >= 0.3 is 11.7 Å². The first-order chi connectivity index (χ1) is 8.95. The molecule has 3 N–H and O–H groups in total. The quantitative estimate of drug-likeness (QED) is 0.526. The van der Waals surface area contributed by atoms with Gasteiger partial charge in [-0.3, -0.25) is 24.5 Å². The van der Waals surface area contributed by atoms with Crippen LogP contribution in [0.1, 0.15) is 6.92 Å². The van der Waals surface area contributed by atoms with Gasteiger partial charge in [-0.05, 0) is 0 Å². The summed E-state index contributed by atoms with van der Waals surface area (Å²) in [6.45, 7) is 1.26. The zero-order valence-electron chi connectivity index (χ0n) is 10.3. The van der Waals surface area contributed by atoms with E-state index < -0.39 is 29.2 Å². The minimum Gasteiger partial charge on any atom is -0.467 e. The van der Waals surface area contributed by atoms with Crippen LogP contribution in [-0.4, -0.2) is 41.5 Å². The number of ether oxygens (including phenoxy) is 1. The molecule has 1 aromatic heterocycles. The van der Waals surface area contributed by atoms with E-state index in [4.69, 9.17) is 0 Å². The van der Waals surface area contributed by atoms with Crippen molar-refractivity contribution in [2.45, 2.75) is 13.0 Å². The Balaban J connectivity index is 2.61. The predicted molar refractivity (Wildman–Crippen MR) is 65.1 cm³/mol. The molecule has 0 saturated carbocycles. The van der Waals surface area contributed by atoms with E-state index in [9.17, 15) is 19.2 Å². The number of nitrogens with zero attached hydrogens (tertiary/aromatic N) is 1. The van der Waals surface area contributed by atoms with E-state index in [0.29, 0.717) is 0 Å². The molecule has 0 fully saturated rings. The molecule has 0 bridgehead atoms. The number of rotatable bonds is 1. The summed E-state index contributed by atoms with van der Waals surface area (Å²) < 4.78 is 4.59. The number of H-pyrrole nitrogens is 2. The molecular weight excluding hydrogens is 256 g/mol. The van der Waals surface area contributed by atoms with Gasteiger partial charge in [-0.2, -0.15) is 0 Å². The summed E-state index contributed by atoms with van der Waals surface area (Å²) in [5, 5.41) is 2.72. The molecule has 102 valence electrons. The maximum atomic E-state index is 11.8. The first-order valence-corrected chi connectivity index (χ1v) is 5.43. The third-order valence-corrected chi connectivity index (χ3v) is 2.75. The summed E-state index contributed by atoms with van der Waals surface area (Å²) in [5.41, 5.74) is -1.56. The van der Waals surface area contributed by atoms with Crippen molar-refractivity contribution in [3.63, 3.8) is 0 Å². The molecule has 0 radical (unpaired) electrons. The van der Waals surface area contributed by atoms with Crippen molar-refractivity contribution in [3.05, 3.63) is 20.8 Å². The van der Waals surface area contributed by atoms with Crippen LogP contribution in [0.4, 0.5) is 11.5 Å². The highest BCUT2D eigenvalue weighted by Crippen LogP contribution is 2.25. The van der Waals surface area contributed by atoms with Gasteiger partial charge in [0.2, 0.25) is 5.91 Å². The highest BCUT2D eigenvalue weighted by molar-refractivity contribution is 6.01. The number of aromatic nitrogens is 2. The Hall–Kier alpha value is -2.58. The van der Waals surface area contributed by atoms with E-state index in [1.165, 1.54) is 14.0 Å². The SMILES string of the molecule is COC(=O)C1CNc2[nH]c(=O)[nH]c(=O)c2N1C(C)=O. The summed E-state index contributed by atoms with van der Waals surface area (Å²) >= 11 is 0. The molecule has 2 rings (SSSR count). The number of aromatic amines is 2. The molecule has 2 heterocycles. The number of amides is 1. The van der Waals surface area contributed by atoms with Crippen molar-refractivity contribution in [1.82, 2.24) is 9.97 Å². The lowest BCUT2D eigenvalue weighted by molar-refractivity contribution is -0.143. The van der Waals surface area contributed by atoms with Gasteiger partial charge < -0.3 is 10.1 Å². The maximum Gasteiger partial charge on any atom is 0.330 e. The van der Waals surface area contributed by atoms with Gasteiger partial charge in [0.1, 0.15) is 5.82 Å². The second kappa shape index (κ2) is 4.59. The number of fused-ring (bicyclic) bond motifs is 1. The Morgan fingerprint density at radius 3 is 2.58 bits per heavy atom. The lowest BCUT2D eigenvalue weighted by atomic mass is 10.1. The fourth-order valence-corrected chi connectivity index (χ4v) is 1.99. The molecule has 19 heavy (non-hydrogen) atoms. The minimum atomic E-state index is -0.956. The van der Waals surface area contributed by atoms with Crippen molar-refractivity contribution in [2.24, 2.45) is 0 Å². The molecule has 1 aromatic rings. The number of anilines is 2. The van der Waals surface area contributed by atoms with Crippen LogP contribution in [-0.2, 0) is 14.3 Å². The molecule has 1 amide bonds. The number of carbonyl (C=O) groups is 2. The average molecular weight is 268 g/mol. The van der Waals surface area contributed by atoms with Crippen LogP contribution >= 0.6 is 0 Å². The fourth-order valence-electron chi connectivity index (χ4n) is 1.99. The van der Waals surface area contributed by atoms with E-state index in [-0.39, 0.29) is 18.1 Å². The first kappa shape index (κ1) is 12.9. The molecule has 1 aliphatic rings. The zero-order chi connectivity index (χ0) is 14.2. The predicted octanol–water partition coefficient (Wildman–Crippen LogP) is -1.62. The molecule has 0 aromatic carbocycles. The van der Waals surface area contributed by atoms with Crippen LogP contribution in [0.2, 0.25) is 0 Å². The first-order valence-electron chi connectivity index (χ1n) is 5.43. The second-order valence-corrected chi connectivity index (χ2v) is 3.94. The Labute approximate surface area is 106 Å². The van der Waals surface area contributed by atoms with Crippen LogP contribution in [0.15, 0.2) is 9.59 Å². The van der Waals surface area contributed by atoms with E-state index in [2.05, 4.69) is 15.0 Å². The Kier molecular flexibility index (Phi) is 3.11. The Morgan fingerprint density at radius 1 is 1.32 bits per heavy atom. The second-order valence-electron chi connectivity index (χ2n) is 3.94. The Bertz CT molecular complexity index is 646. The minimum absolute atomic E-state index is 0.0403. The van der Waals surface area contributed by atoms with Crippen molar-refractivity contribution in [2.75, 3.05) is 23.9 Å². The normalized spacial score (nSPS) is 17.4. The van der Waals surface area contributed by atoms with Crippen molar-refractivity contribution in [1.29, 1.82) is 0 Å². The smallest absolute Gasteiger partial charge is 0.330 e. The van der Waals surface area contributed by atoms with Crippen LogP contribution in [0.3, 0.4) is 0 Å². The molecule has 1 unspecified atom stereocenters. The standard InChI is InChI=1S/C10H12N4O5/c1-4(15)14-5(9(17)19-2)3-11-7-6(14)8(16)13-10(18)12-7/h5H,3H2,1-2H3,(H3,11,12,13,16,18). The molecular formula is C10H12N4O5. The molecule has 0 spiro atoms. The molecule has 1 aliphatic heterocycles. The third-order valence-electron chi connectivity index (χ3n) is 2.75. The van der Waals surface area contributed by atoms with Crippen LogP contribution in [0.25, 0.3) is 0 Å². The summed E-state index contributed by atoms with van der Waals surface area (Å²) in [7, 11) is 1.19. The van der Waals surface area contributed by atoms with Gasteiger partial charge in [-0.1, -0.05) is 0 Å². The van der Waals surface area contributed by atoms with E-state index in [0.717, 1.165) is 4.90 Å². The van der Waals surface area contributed by atoms with Crippen molar-refractivity contribution in [3.8, 4) is 0 Å². The van der Waals surface area contributed by atoms with Gasteiger partial charge in [0, 0.05) is 13.5 Å². The third kappa shape index (κ3) is 2.09. The van der Waals surface area contributed by atoms with Crippen LogP contribution in [0, 0.1) is 0 Å². The van der Waals surface area contributed by atoms with E-state index in [1.807, 2.05) is 4.98 Å². The van der Waals surface area contributed by atoms with Gasteiger partial charge in [0.05, 0.1) is 7.11 Å². The van der Waals surface area contributed by atoms with Crippen LogP contribution < -0.4 is 21.5 Å². The largest absolute Gasteiger partial charge is 0.467 e. The van der Waals surface area contributed by atoms with Crippen molar-refractivity contribution < 1.29 is 14.3 Å². The number of esters is 1. The van der Waals surface area contributed by atoms with Crippen LogP contribution in [0.5, 0.6) is 0 Å². The van der Waals surface area contributed by atoms with Gasteiger partial charge in [-0.25, -0.2) is 9.59 Å². The summed E-state index contributed by atoms with van der Waals surface area (Å²) in [6, 6.07) is -0.956. The van der Waals surface area contributed by atoms with Gasteiger partial charge in [0.25, 0.3) is 5.56 Å². The number of hydrogen-bond donors (Lipinski definition) is 3.